The molecule has 0 aromatic carbocycles. The van der Waals surface area contributed by atoms with Crippen molar-refractivity contribution in [3.8, 4) is 0 Å². The van der Waals surface area contributed by atoms with Crippen LogP contribution in [0.1, 0.15) is 26.7 Å². The molecule has 1 aromatic heterocycles. The van der Waals surface area contributed by atoms with Crippen LogP contribution in [0, 0.1) is 5.92 Å². The Morgan fingerprint density at radius 2 is 2.19 bits per heavy atom. The van der Waals surface area contributed by atoms with Gasteiger partial charge in [0.15, 0.2) is 0 Å². The molecule has 0 bridgehead atoms. The molecule has 1 aromatic rings. The Morgan fingerprint density at radius 3 is 2.81 bits per heavy atom. The Bertz CT molecular complexity index is 488. The zero-order valence-corrected chi connectivity index (χ0v) is 13.0. The van der Waals surface area contributed by atoms with Gasteiger partial charge in [0.05, 0.1) is 5.92 Å². The Hall–Kier alpha value is -1.91. The first-order chi connectivity index (χ1) is 10.1. The zero-order valence-electron chi connectivity index (χ0n) is 13.0. The molecule has 114 valence electrons. The topological polar surface area (TPSA) is 49.3 Å². The van der Waals surface area contributed by atoms with Crippen molar-refractivity contribution in [3.63, 3.8) is 0 Å². The second kappa shape index (κ2) is 7.20. The summed E-state index contributed by atoms with van der Waals surface area (Å²) in [5, 5.41) is 0. The normalized spacial score (nSPS) is 18.4. The van der Waals surface area contributed by atoms with Crippen molar-refractivity contribution in [3.05, 3.63) is 30.6 Å². The predicted octanol–water partition coefficient (Wildman–Crippen LogP) is 2.12. The standard InChI is InChI=1S/C16H24N4O/c1-4-19(11-13(2)3)15(21)14-7-5-10-20(12-14)16-17-8-6-9-18-16/h6,8-9,14H,2,4-5,7,10-12H2,1,3H3. The van der Waals surface area contributed by atoms with Crippen molar-refractivity contribution in [2.24, 2.45) is 5.92 Å². The minimum atomic E-state index is 0.0295. The summed E-state index contributed by atoms with van der Waals surface area (Å²) in [6, 6.07) is 1.81. The molecule has 1 unspecified atom stereocenters. The number of aromatic nitrogens is 2. The number of carbonyl (C=O) groups is 1. The highest BCUT2D eigenvalue weighted by atomic mass is 16.2. The van der Waals surface area contributed by atoms with Gasteiger partial charge in [-0.2, -0.15) is 0 Å². The number of likely N-dealkylation sites (N-methyl/N-ethyl adjacent to an activating group) is 1. The van der Waals surface area contributed by atoms with E-state index in [1.54, 1.807) is 12.4 Å². The molecular formula is C16H24N4O. The maximum absolute atomic E-state index is 12.7. The van der Waals surface area contributed by atoms with Gasteiger partial charge >= 0.3 is 0 Å². The molecular weight excluding hydrogens is 264 g/mol. The van der Waals surface area contributed by atoms with E-state index in [0.29, 0.717) is 13.1 Å². The van der Waals surface area contributed by atoms with E-state index < -0.39 is 0 Å². The lowest BCUT2D eigenvalue weighted by Crippen LogP contribution is -2.45. The summed E-state index contributed by atoms with van der Waals surface area (Å²) in [4.78, 5) is 25.2. The Kier molecular flexibility index (Phi) is 5.31. The number of nitrogens with zero attached hydrogens (tertiary/aromatic N) is 4. The van der Waals surface area contributed by atoms with E-state index in [9.17, 15) is 4.79 Å². The maximum atomic E-state index is 12.7. The monoisotopic (exact) mass is 288 g/mol. The van der Waals surface area contributed by atoms with Gasteiger partial charge < -0.3 is 9.80 Å². The highest BCUT2D eigenvalue weighted by Gasteiger charge is 2.29. The van der Waals surface area contributed by atoms with E-state index in [1.165, 1.54) is 0 Å². The fraction of sp³-hybridized carbons (Fsp3) is 0.562. The SMILES string of the molecule is C=C(C)CN(CC)C(=O)C1CCCN(c2ncccn2)C1. The Labute approximate surface area is 126 Å². The van der Waals surface area contributed by atoms with Crippen molar-refractivity contribution in [1.82, 2.24) is 14.9 Å². The van der Waals surface area contributed by atoms with Crippen LogP contribution in [0.25, 0.3) is 0 Å². The van der Waals surface area contributed by atoms with Crippen LogP contribution in [0.5, 0.6) is 0 Å². The summed E-state index contributed by atoms with van der Waals surface area (Å²) in [7, 11) is 0. The molecule has 0 spiro atoms. The minimum Gasteiger partial charge on any atom is -0.340 e. The lowest BCUT2D eigenvalue weighted by atomic mass is 9.96. The first-order valence-corrected chi connectivity index (χ1v) is 7.57. The van der Waals surface area contributed by atoms with Gasteiger partial charge in [0.2, 0.25) is 11.9 Å². The number of hydrogen-bond acceptors (Lipinski definition) is 4. The second-order valence-corrected chi connectivity index (χ2v) is 5.64. The molecule has 0 radical (unpaired) electrons. The summed E-state index contributed by atoms with van der Waals surface area (Å²) in [5.74, 6) is 0.973. The molecule has 1 fully saturated rings. The largest absolute Gasteiger partial charge is 0.340 e. The molecule has 1 saturated heterocycles. The molecule has 2 heterocycles. The first kappa shape index (κ1) is 15.5. The molecule has 1 aliphatic rings. The highest BCUT2D eigenvalue weighted by Crippen LogP contribution is 2.22. The lowest BCUT2D eigenvalue weighted by molar-refractivity contribution is -0.135. The molecule has 0 aliphatic carbocycles. The highest BCUT2D eigenvalue weighted by molar-refractivity contribution is 5.80. The number of anilines is 1. The summed E-state index contributed by atoms with van der Waals surface area (Å²) in [6.07, 6.45) is 5.43. The van der Waals surface area contributed by atoms with Crippen molar-refractivity contribution in [2.75, 3.05) is 31.1 Å². The number of carbonyl (C=O) groups excluding carboxylic acids is 1. The van der Waals surface area contributed by atoms with Gasteiger partial charge in [-0.3, -0.25) is 4.79 Å². The second-order valence-electron chi connectivity index (χ2n) is 5.64. The number of hydrogen-bond donors (Lipinski definition) is 0. The smallest absolute Gasteiger partial charge is 0.227 e. The number of piperidine rings is 1. The molecule has 0 N–H and O–H groups in total. The van der Waals surface area contributed by atoms with Crippen molar-refractivity contribution in [2.45, 2.75) is 26.7 Å². The molecule has 5 nitrogen and oxygen atoms in total. The van der Waals surface area contributed by atoms with E-state index in [2.05, 4.69) is 21.4 Å². The van der Waals surface area contributed by atoms with Gasteiger partial charge in [-0.05, 0) is 32.8 Å². The van der Waals surface area contributed by atoms with Crippen LogP contribution in [0.3, 0.4) is 0 Å². The third-order valence-corrected chi connectivity index (χ3v) is 3.76. The zero-order chi connectivity index (χ0) is 15.2. The van der Waals surface area contributed by atoms with Gasteiger partial charge in [0, 0.05) is 38.6 Å². The van der Waals surface area contributed by atoms with Crippen LogP contribution in [0.15, 0.2) is 30.6 Å². The maximum Gasteiger partial charge on any atom is 0.227 e. The van der Waals surface area contributed by atoms with E-state index in [4.69, 9.17) is 0 Å². The average molecular weight is 288 g/mol. The van der Waals surface area contributed by atoms with Crippen LogP contribution in [-0.2, 0) is 4.79 Å². The summed E-state index contributed by atoms with van der Waals surface area (Å²) < 4.78 is 0. The number of amides is 1. The van der Waals surface area contributed by atoms with Crippen LogP contribution >= 0.6 is 0 Å². The van der Waals surface area contributed by atoms with Crippen LogP contribution in [-0.4, -0.2) is 47.0 Å². The fourth-order valence-corrected chi connectivity index (χ4v) is 2.74. The third kappa shape index (κ3) is 4.03. The van der Waals surface area contributed by atoms with Gasteiger partial charge in [0.1, 0.15) is 0 Å². The van der Waals surface area contributed by atoms with Crippen molar-refractivity contribution in [1.29, 1.82) is 0 Å². The molecule has 0 saturated carbocycles. The Morgan fingerprint density at radius 1 is 1.48 bits per heavy atom. The summed E-state index contributed by atoms with van der Waals surface area (Å²) in [6.45, 7) is 10.9. The first-order valence-electron chi connectivity index (χ1n) is 7.57. The van der Waals surface area contributed by atoms with Gasteiger partial charge in [-0.25, -0.2) is 9.97 Å². The summed E-state index contributed by atoms with van der Waals surface area (Å²) in [5.41, 5.74) is 1.02. The predicted molar refractivity (Wildman–Crippen MR) is 84.0 cm³/mol. The van der Waals surface area contributed by atoms with Gasteiger partial charge in [-0.15, -0.1) is 0 Å². The van der Waals surface area contributed by atoms with Crippen LogP contribution in [0.4, 0.5) is 5.95 Å². The minimum absolute atomic E-state index is 0.0295. The molecule has 1 amide bonds. The van der Waals surface area contributed by atoms with E-state index in [-0.39, 0.29) is 11.8 Å². The van der Waals surface area contributed by atoms with Gasteiger partial charge in [-0.1, -0.05) is 12.2 Å². The molecule has 2 rings (SSSR count). The third-order valence-electron chi connectivity index (χ3n) is 3.76. The quantitative estimate of drug-likeness (QED) is 0.779. The van der Waals surface area contributed by atoms with Gasteiger partial charge in [0.25, 0.3) is 0 Å². The molecule has 1 aliphatic heterocycles. The van der Waals surface area contributed by atoms with Crippen molar-refractivity contribution < 1.29 is 4.79 Å². The average Bonchev–Trinajstić information content (AvgIpc) is 2.52. The van der Waals surface area contributed by atoms with E-state index >= 15 is 0 Å². The molecule has 1 atom stereocenters. The fourth-order valence-electron chi connectivity index (χ4n) is 2.74. The Balaban J connectivity index is 2.03. The van der Waals surface area contributed by atoms with E-state index in [1.807, 2.05) is 24.8 Å². The molecule has 21 heavy (non-hydrogen) atoms. The van der Waals surface area contributed by atoms with Crippen LogP contribution in [0.2, 0.25) is 0 Å². The summed E-state index contributed by atoms with van der Waals surface area (Å²) >= 11 is 0. The lowest BCUT2D eigenvalue weighted by Gasteiger charge is -2.34. The van der Waals surface area contributed by atoms with Crippen molar-refractivity contribution >= 4 is 11.9 Å². The van der Waals surface area contributed by atoms with Crippen LogP contribution < -0.4 is 4.90 Å². The van der Waals surface area contributed by atoms with E-state index in [0.717, 1.165) is 37.5 Å². The molecule has 5 heteroatoms. The number of rotatable bonds is 5.